The molecule has 0 bridgehead atoms. The number of amides is 1. The number of benzene rings is 2. The third-order valence-corrected chi connectivity index (χ3v) is 4.90. The van der Waals surface area contributed by atoms with Crippen LogP contribution in [0.5, 0.6) is 0 Å². The number of nitrogens with zero attached hydrogens (tertiary/aromatic N) is 2. The zero-order valence-corrected chi connectivity index (χ0v) is 15.8. The minimum Gasteiger partial charge on any atom is -0.389 e. The second-order valence-electron chi connectivity index (χ2n) is 6.56. The second-order valence-corrected chi connectivity index (χ2v) is 7.00. The Morgan fingerprint density at radius 3 is 2.89 bits per heavy atom. The maximum atomic E-state index is 13.0. The first-order chi connectivity index (χ1) is 13.2. The number of carbonyl (C=O) groups excluding carboxylic acids is 1. The van der Waals surface area contributed by atoms with E-state index < -0.39 is 0 Å². The van der Waals surface area contributed by atoms with Crippen molar-refractivity contribution < 1.29 is 4.79 Å². The molecule has 1 amide bonds. The Bertz CT molecular complexity index is 923. The molecule has 5 nitrogen and oxygen atoms in total. The smallest absolute Gasteiger partial charge is 0.277 e. The van der Waals surface area contributed by atoms with Crippen LogP contribution < -0.4 is 15.5 Å². The van der Waals surface area contributed by atoms with Crippen LogP contribution in [-0.4, -0.2) is 30.9 Å². The van der Waals surface area contributed by atoms with Crippen LogP contribution in [0, 0.1) is 0 Å². The fraction of sp³-hybridized carbons (Fsp3) is 0.238. The number of halogens is 1. The summed E-state index contributed by atoms with van der Waals surface area (Å²) in [7, 11) is 0. The Kier molecular flexibility index (Phi) is 4.86. The normalized spacial score (nSPS) is 19.9. The fourth-order valence-electron chi connectivity index (χ4n) is 3.42. The van der Waals surface area contributed by atoms with Crippen LogP contribution in [-0.2, 0) is 4.79 Å². The molecule has 0 aromatic heterocycles. The highest BCUT2D eigenvalue weighted by Crippen LogP contribution is 2.33. The average Bonchev–Trinajstić information content (AvgIpc) is 2.90. The van der Waals surface area contributed by atoms with Crippen molar-refractivity contribution in [2.75, 3.05) is 18.0 Å². The lowest BCUT2D eigenvalue weighted by Gasteiger charge is -2.22. The molecular weight excluding hydrogens is 360 g/mol. The first-order valence-electron chi connectivity index (χ1n) is 9.12. The Morgan fingerprint density at radius 2 is 2.11 bits per heavy atom. The van der Waals surface area contributed by atoms with Gasteiger partial charge in [-0.3, -0.25) is 14.7 Å². The van der Waals surface area contributed by atoms with Crippen molar-refractivity contribution in [1.29, 1.82) is 0 Å². The van der Waals surface area contributed by atoms with Gasteiger partial charge in [-0.1, -0.05) is 48.9 Å². The first kappa shape index (κ1) is 17.6. The van der Waals surface area contributed by atoms with Crippen LogP contribution in [0.2, 0.25) is 5.02 Å². The number of hydrogen-bond donors (Lipinski definition) is 2. The van der Waals surface area contributed by atoms with Gasteiger partial charge in [0.25, 0.3) is 5.91 Å². The summed E-state index contributed by atoms with van der Waals surface area (Å²) < 4.78 is 0. The molecule has 2 aromatic carbocycles. The summed E-state index contributed by atoms with van der Waals surface area (Å²) in [6, 6.07) is 15.6. The van der Waals surface area contributed by atoms with E-state index in [0.717, 1.165) is 35.5 Å². The summed E-state index contributed by atoms with van der Waals surface area (Å²) in [5.41, 5.74) is 4.12. The summed E-state index contributed by atoms with van der Waals surface area (Å²) in [4.78, 5) is 19.7. The molecule has 0 saturated carbocycles. The van der Waals surface area contributed by atoms with Crippen LogP contribution in [0.25, 0.3) is 0 Å². The molecule has 2 aliphatic rings. The quantitative estimate of drug-likeness (QED) is 0.632. The molecule has 27 heavy (non-hydrogen) atoms. The summed E-state index contributed by atoms with van der Waals surface area (Å²) >= 11 is 6.28. The average molecular weight is 381 g/mol. The largest absolute Gasteiger partial charge is 0.389 e. The van der Waals surface area contributed by atoms with E-state index in [0.29, 0.717) is 17.3 Å². The van der Waals surface area contributed by atoms with Gasteiger partial charge in [0.05, 0.1) is 17.9 Å². The van der Waals surface area contributed by atoms with Crippen LogP contribution in [0.15, 0.2) is 65.4 Å². The van der Waals surface area contributed by atoms with Gasteiger partial charge in [-0.05, 0) is 24.6 Å². The van der Waals surface area contributed by atoms with Crippen molar-refractivity contribution in [2.24, 2.45) is 4.99 Å². The van der Waals surface area contributed by atoms with E-state index in [1.54, 1.807) is 11.1 Å². The second kappa shape index (κ2) is 7.45. The van der Waals surface area contributed by atoms with Gasteiger partial charge in [0.15, 0.2) is 0 Å². The number of carbonyl (C=O) groups is 1. The summed E-state index contributed by atoms with van der Waals surface area (Å²) in [5.74, 6) is -0.0586. The molecule has 4 rings (SSSR count). The molecule has 2 N–H and O–H groups in total. The summed E-state index contributed by atoms with van der Waals surface area (Å²) in [6.07, 6.45) is 2.54. The Labute approximate surface area is 163 Å². The molecule has 2 aliphatic heterocycles. The molecular formula is C21H21ClN4O. The van der Waals surface area contributed by atoms with E-state index >= 15 is 0 Å². The van der Waals surface area contributed by atoms with E-state index in [9.17, 15) is 4.79 Å². The van der Waals surface area contributed by atoms with Crippen LogP contribution in [0.3, 0.4) is 0 Å². The number of fused-ring (bicyclic) bond motifs is 3. The van der Waals surface area contributed by atoms with E-state index in [2.05, 4.69) is 17.6 Å². The molecule has 1 atom stereocenters. The van der Waals surface area contributed by atoms with Crippen molar-refractivity contribution in [3.63, 3.8) is 0 Å². The van der Waals surface area contributed by atoms with E-state index in [1.807, 2.05) is 48.5 Å². The van der Waals surface area contributed by atoms with Crippen LogP contribution in [0.4, 0.5) is 5.69 Å². The molecule has 0 aliphatic carbocycles. The lowest BCUT2D eigenvalue weighted by atomic mass is 10.00. The zero-order valence-electron chi connectivity index (χ0n) is 15.1. The number of anilines is 1. The molecule has 0 radical (unpaired) electrons. The number of hydrogen-bond acceptors (Lipinski definition) is 4. The Balaban J connectivity index is 1.78. The van der Waals surface area contributed by atoms with E-state index in [4.69, 9.17) is 16.6 Å². The molecule has 1 saturated heterocycles. The van der Waals surface area contributed by atoms with Gasteiger partial charge >= 0.3 is 0 Å². The molecule has 2 aromatic rings. The third kappa shape index (κ3) is 3.30. The molecule has 1 unspecified atom stereocenters. The first-order valence-corrected chi connectivity index (χ1v) is 9.50. The van der Waals surface area contributed by atoms with Crippen LogP contribution in [0.1, 0.15) is 24.5 Å². The van der Waals surface area contributed by atoms with Gasteiger partial charge in [0.2, 0.25) is 0 Å². The van der Waals surface area contributed by atoms with Gasteiger partial charge < -0.3 is 10.6 Å². The van der Waals surface area contributed by atoms with Crippen molar-refractivity contribution in [1.82, 2.24) is 10.6 Å². The van der Waals surface area contributed by atoms with Gasteiger partial charge in [-0.15, -0.1) is 0 Å². The van der Waals surface area contributed by atoms with Crippen molar-refractivity contribution in [3.8, 4) is 0 Å². The highest BCUT2D eigenvalue weighted by Gasteiger charge is 2.39. The number of rotatable bonds is 4. The van der Waals surface area contributed by atoms with Crippen molar-refractivity contribution in [3.05, 3.63) is 76.6 Å². The zero-order chi connectivity index (χ0) is 18.8. The Hall–Kier alpha value is -2.79. The summed E-state index contributed by atoms with van der Waals surface area (Å²) in [6.45, 7) is 3.38. The van der Waals surface area contributed by atoms with Gasteiger partial charge in [-0.25, -0.2) is 0 Å². The molecule has 0 spiro atoms. The molecule has 6 heteroatoms. The van der Waals surface area contributed by atoms with Gasteiger partial charge in [0.1, 0.15) is 11.9 Å². The third-order valence-electron chi connectivity index (χ3n) is 4.67. The van der Waals surface area contributed by atoms with Crippen molar-refractivity contribution >= 4 is 28.9 Å². The lowest BCUT2D eigenvalue weighted by molar-refractivity contribution is -0.114. The van der Waals surface area contributed by atoms with Gasteiger partial charge in [-0.2, -0.15) is 0 Å². The predicted octanol–water partition coefficient (Wildman–Crippen LogP) is 3.29. The summed E-state index contributed by atoms with van der Waals surface area (Å²) in [5, 5.41) is 7.10. The van der Waals surface area contributed by atoms with Crippen molar-refractivity contribution in [2.45, 2.75) is 19.5 Å². The standard InChI is InChI=1S/C21H21ClN4O/c1-2-10-23-12-17-21(27)26-18-9-8-15(22)11-16(18)20(24-13-19(26)25-17)14-6-4-3-5-7-14/h3-9,11-12,19,23,25H,2,10,13H2,1H3/b17-12-. The number of aliphatic imine (C=N–C) groups is 1. The van der Waals surface area contributed by atoms with Crippen LogP contribution >= 0.6 is 11.6 Å². The Morgan fingerprint density at radius 1 is 1.30 bits per heavy atom. The number of nitrogens with one attached hydrogen (secondary N) is 2. The minimum atomic E-state index is -0.215. The van der Waals surface area contributed by atoms with E-state index in [-0.39, 0.29) is 12.1 Å². The highest BCUT2D eigenvalue weighted by molar-refractivity contribution is 6.32. The maximum Gasteiger partial charge on any atom is 0.277 e. The predicted molar refractivity (Wildman–Crippen MR) is 109 cm³/mol. The SMILES string of the molecule is CCCN/C=C1\NC2CN=C(c3ccccc3)c3cc(Cl)ccc3N2C1=O. The highest BCUT2D eigenvalue weighted by atomic mass is 35.5. The monoisotopic (exact) mass is 380 g/mol. The van der Waals surface area contributed by atoms with E-state index in [1.165, 1.54) is 0 Å². The molecule has 1 fully saturated rings. The molecule has 2 heterocycles. The van der Waals surface area contributed by atoms with Gasteiger partial charge in [0, 0.05) is 28.9 Å². The topological polar surface area (TPSA) is 56.7 Å². The molecule has 138 valence electrons. The minimum absolute atomic E-state index is 0.0586. The maximum absolute atomic E-state index is 13.0. The lowest BCUT2D eigenvalue weighted by Crippen LogP contribution is -2.39. The fourth-order valence-corrected chi connectivity index (χ4v) is 3.59.